The Balaban J connectivity index is 0.000000131. The van der Waals surface area contributed by atoms with Gasteiger partial charge >= 0.3 is 0 Å². The molecule has 0 saturated carbocycles. The Morgan fingerprint density at radius 2 is 1.41 bits per heavy atom. The Morgan fingerprint density at radius 3 is 2.05 bits per heavy atom. The molecule has 112 valence electrons. The van der Waals surface area contributed by atoms with Gasteiger partial charge in [-0.1, -0.05) is 6.07 Å². The second-order valence-corrected chi connectivity index (χ2v) is 5.89. The lowest BCUT2D eigenvalue weighted by molar-refractivity contribution is 0.628. The number of hydrogen-bond acceptors (Lipinski definition) is 2. The van der Waals surface area contributed by atoms with E-state index in [1.807, 2.05) is 13.1 Å². The van der Waals surface area contributed by atoms with Crippen LogP contribution in [0.5, 0.6) is 0 Å². The smallest absolute Gasteiger partial charge is 0.125 e. The number of nitrogens with zero attached hydrogens (tertiary/aromatic N) is 2. The Morgan fingerprint density at radius 1 is 0.864 bits per heavy atom. The summed E-state index contributed by atoms with van der Waals surface area (Å²) in [7, 11) is 2.68. The van der Waals surface area contributed by atoms with Crippen LogP contribution in [-0.2, 0) is 0 Å². The highest BCUT2D eigenvalue weighted by atomic mass is 31.0. The molecule has 6 heteroatoms. The molecule has 0 aliphatic heterocycles. The Bertz CT molecular complexity index is 864. The number of aromatic nitrogens is 4. The topological polar surface area (TPSA) is 57.4 Å². The molecule has 0 aliphatic rings. The zero-order valence-electron chi connectivity index (χ0n) is 12.3. The maximum Gasteiger partial charge on any atom is 0.125 e. The van der Waals surface area contributed by atoms with Crippen LogP contribution in [-0.4, -0.2) is 20.4 Å². The van der Waals surface area contributed by atoms with Gasteiger partial charge in [-0.3, -0.25) is 10.2 Å². The fourth-order valence-corrected chi connectivity index (χ4v) is 2.86. The number of nitrogens with one attached hydrogen (secondary N) is 2. The summed E-state index contributed by atoms with van der Waals surface area (Å²) in [5, 5.41) is 16.8. The van der Waals surface area contributed by atoms with Crippen molar-refractivity contribution in [3.05, 3.63) is 53.6 Å². The zero-order valence-corrected chi connectivity index (χ0v) is 13.5. The van der Waals surface area contributed by atoms with E-state index in [-0.39, 0.29) is 5.82 Å². The highest BCUT2D eigenvalue weighted by Gasteiger charge is 2.00. The summed E-state index contributed by atoms with van der Waals surface area (Å²) in [4.78, 5) is 0. The molecular weight excluding hydrogens is 298 g/mol. The third kappa shape index (κ3) is 2.85. The number of aromatic amines is 2. The first-order chi connectivity index (χ1) is 10.5. The quantitative estimate of drug-likeness (QED) is 0.489. The Labute approximate surface area is 129 Å². The van der Waals surface area contributed by atoms with Crippen LogP contribution in [0.1, 0.15) is 11.1 Å². The molecule has 4 rings (SSSR count). The van der Waals surface area contributed by atoms with E-state index in [9.17, 15) is 4.39 Å². The molecule has 0 bridgehead atoms. The predicted octanol–water partition coefficient (Wildman–Crippen LogP) is 3.38. The van der Waals surface area contributed by atoms with Gasteiger partial charge in [-0.15, -0.1) is 9.24 Å². The Kier molecular flexibility index (Phi) is 3.90. The summed E-state index contributed by atoms with van der Waals surface area (Å²) in [6.07, 6.45) is 3.55. The third-order valence-electron chi connectivity index (χ3n) is 3.52. The minimum atomic E-state index is -0.223. The lowest BCUT2D eigenvalue weighted by atomic mass is 10.1. The predicted molar refractivity (Wildman–Crippen MR) is 91.0 cm³/mol. The SMILES string of the molecule is Cc1cc(F)cc2[nH]ncc12.Cc1cc(P)cc2[nH]ncc12. The molecule has 2 aromatic heterocycles. The van der Waals surface area contributed by atoms with Crippen molar-refractivity contribution >= 4 is 36.4 Å². The molecule has 4 aromatic rings. The van der Waals surface area contributed by atoms with Gasteiger partial charge in [0.2, 0.25) is 0 Å². The van der Waals surface area contributed by atoms with Crippen LogP contribution in [0.25, 0.3) is 21.8 Å². The number of halogens is 1. The zero-order chi connectivity index (χ0) is 15.7. The summed E-state index contributed by atoms with van der Waals surface area (Å²) in [5.74, 6) is -0.223. The van der Waals surface area contributed by atoms with E-state index in [0.29, 0.717) is 0 Å². The van der Waals surface area contributed by atoms with Crippen molar-refractivity contribution in [2.24, 2.45) is 0 Å². The third-order valence-corrected chi connectivity index (χ3v) is 3.85. The summed E-state index contributed by atoms with van der Waals surface area (Å²) >= 11 is 0. The molecule has 0 amide bonds. The Hall–Kier alpha value is -2.26. The number of benzene rings is 2. The van der Waals surface area contributed by atoms with E-state index < -0.39 is 0 Å². The van der Waals surface area contributed by atoms with E-state index in [1.54, 1.807) is 6.20 Å². The van der Waals surface area contributed by atoms with E-state index >= 15 is 0 Å². The number of hydrogen-bond donors (Lipinski definition) is 2. The number of H-pyrrole nitrogens is 2. The average molecular weight is 314 g/mol. The van der Waals surface area contributed by atoms with Crippen molar-refractivity contribution in [1.29, 1.82) is 0 Å². The van der Waals surface area contributed by atoms with Crippen LogP contribution in [0.15, 0.2) is 36.7 Å². The first-order valence-corrected chi connectivity index (χ1v) is 7.41. The van der Waals surface area contributed by atoms with Gasteiger partial charge in [0, 0.05) is 10.8 Å². The van der Waals surface area contributed by atoms with Crippen molar-refractivity contribution < 1.29 is 4.39 Å². The second kappa shape index (κ2) is 5.85. The van der Waals surface area contributed by atoms with Crippen LogP contribution in [0.2, 0.25) is 0 Å². The fourth-order valence-electron chi connectivity index (χ4n) is 2.44. The molecule has 0 fully saturated rings. The number of fused-ring (bicyclic) bond motifs is 2. The van der Waals surface area contributed by atoms with Crippen molar-refractivity contribution in [3.63, 3.8) is 0 Å². The van der Waals surface area contributed by atoms with Crippen LogP contribution >= 0.6 is 9.24 Å². The highest BCUT2D eigenvalue weighted by molar-refractivity contribution is 7.27. The van der Waals surface area contributed by atoms with Gasteiger partial charge in [0.25, 0.3) is 0 Å². The van der Waals surface area contributed by atoms with E-state index in [4.69, 9.17) is 0 Å². The van der Waals surface area contributed by atoms with Crippen LogP contribution < -0.4 is 5.30 Å². The molecule has 0 aliphatic carbocycles. The van der Waals surface area contributed by atoms with E-state index in [0.717, 1.165) is 22.0 Å². The van der Waals surface area contributed by atoms with Gasteiger partial charge in [-0.25, -0.2) is 4.39 Å². The summed E-state index contributed by atoms with van der Waals surface area (Å²) in [5.41, 5.74) is 4.03. The van der Waals surface area contributed by atoms with Crippen molar-refractivity contribution in [2.75, 3.05) is 0 Å². The van der Waals surface area contributed by atoms with Crippen molar-refractivity contribution in [3.8, 4) is 0 Å². The monoisotopic (exact) mass is 314 g/mol. The van der Waals surface area contributed by atoms with Gasteiger partial charge in [0.1, 0.15) is 5.82 Å². The summed E-state index contributed by atoms with van der Waals surface area (Å²) in [6.45, 7) is 3.95. The molecule has 2 heterocycles. The number of rotatable bonds is 0. The van der Waals surface area contributed by atoms with E-state index in [1.165, 1.54) is 28.4 Å². The highest BCUT2D eigenvalue weighted by Crippen LogP contribution is 2.16. The van der Waals surface area contributed by atoms with Crippen LogP contribution in [0, 0.1) is 19.7 Å². The minimum Gasteiger partial charge on any atom is -0.278 e. The van der Waals surface area contributed by atoms with Crippen molar-refractivity contribution in [1.82, 2.24) is 20.4 Å². The van der Waals surface area contributed by atoms with Crippen LogP contribution in [0.3, 0.4) is 0 Å². The van der Waals surface area contributed by atoms with Gasteiger partial charge in [-0.05, 0) is 48.5 Å². The second-order valence-electron chi connectivity index (χ2n) is 5.22. The maximum atomic E-state index is 12.7. The summed E-state index contributed by atoms with van der Waals surface area (Å²) in [6, 6.07) is 7.13. The van der Waals surface area contributed by atoms with Crippen molar-refractivity contribution in [2.45, 2.75) is 13.8 Å². The maximum absolute atomic E-state index is 12.7. The first-order valence-electron chi connectivity index (χ1n) is 6.83. The lowest BCUT2D eigenvalue weighted by Gasteiger charge is -1.96. The molecule has 0 spiro atoms. The fraction of sp³-hybridized carbons (Fsp3) is 0.125. The van der Waals surface area contributed by atoms with Gasteiger partial charge in [0.15, 0.2) is 0 Å². The average Bonchev–Trinajstić information content (AvgIpc) is 3.07. The molecule has 2 N–H and O–H groups in total. The normalized spacial score (nSPS) is 10.7. The van der Waals surface area contributed by atoms with Gasteiger partial charge < -0.3 is 0 Å². The molecular formula is C16H16FN4P. The number of aryl methyl sites for hydroxylation is 2. The minimum absolute atomic E-state index is 0.223. The lowest BCUT2D eigenvalue weighted by Crippen LogP contribution is -1.90. The van der Waals surface area contributed by atoms with E-state index in [2.05, 4.69) is 48.7 Å². The van der Waals surface area contributed by atoms with Crippen LogP contribution in [0.4, 0.5) is 4.39 Å². The molecule has 2 aromatic carbocycles. The van der Waals surface area contributed by atoms with Gasteiger partial charge in [0.05, 0.1) is 23.4 Å². The molecule has 1 atom stereocenters. The molecule has 0 radical (unpaired) electrons. The molecule has 0 saturated heterocycles. The summed E-state index contributed by atoms with van der Waals surface area (Å²) < 4.78 is 12.7. The molecule has 22 heavy (non-hydrogen) atoms. The largest absolute Gasteiger partial charge is 0.278 e. The standard InChI is InChI=1S/C8H7FN2.C8H9N2P/c1-5-2-6(9)3-8-7(5)4-10-11-8;1-5-2-6(11)3-8-7(5)4-9-10-8/h2-4H,1H3,(H,10,11);2-4H,11H2,1H3,(H,9,10). The molecule has 4 nitrogen and oxygen atoms in total. The first kappa shape index (κ1) is 14.7. The molecule has 1 unspecified atom stereocenters. The van der Waals surface area contributed by atoms with Gasteiger partial charge in [-0.2, -0.15) is 10.2 Å².